The van der Waals surface area contributed by atoms with E-state index in [2.05, 4.69) is 36.6 Å². The first-order valence-electron chi connectivity index (χ1n) is 8.74. The third-order valence-electron chi connectivity index (χ3n) is 4.53. The summed E-state index contributed by atoms with van der Waals surface area (Å²) in [4.78, 5) is 12.5. The SMILES string of the molecule is Cc1cccc(C)c1Nc1ccc(NC(=O)c2ccc3c(c2)OCO3)cc1. The van der Waals surface area contributed by atoms with Gasteiger partial charge in [0.25, 0.3) is 5.91 Å². The summed E-state index contributed by atoms with van der Waals surface area (Å²) in [5.41, 5.74) is 5.70. The highest BCUT2D eigenvalue weighted by molar-refractivity contribution is 6.04. The highest BCUT2D eigenvalue weighted by Crippen LogP contribution is 2.32. The molecule has 0 radical (unpaired) electrons. The minimum absolute atomic E-state index is 0.190. The quantitative estimate of drug-likeness (QED) is 0.685. The first kappa shape index (κ1) is 17.0. The molecule has 1 amide bonds. The molecule has 1 heterocycles. The number of hydrogen-bond acceptors (Lipinski definition) is 4. The van der Waals surface area contributed by atoms with Crippen molar-refractivity contribution in [3.05, 3.63) is 77.4 Å². The predicted octanol–water partition coefficient (Wildman–Crippen LogP) is 5.03. The van der Waals surface area contributed by atoms with Crippen LogP contribution >= 0.6 is 0 Å². The van der Waals surface area contributed by atoms with Gasteiger partial charge in [-0.3, -0.25) is 4.79 Å². The Balaban J connectivity index is 1.45. The maximum atomic E-state index is 12.5. The Labute approximate surface area is 157 Å². The van der Waals surface area contributed by atoms with Gasteiger partial charge in [-0.2, -0.15) is 0 Å². The first-order valence-corrected chi connectivity index (χ1v) is 8.74. The van der Waals surface area contributed by atoms with Crippen molar-refractivity contribution in [3.63, 3.8) is 0 Å². The van der Waals surface area contributed by atoms with Crippen LogP contribution in [0, 0.1) is 13.8 Å². The summed E-state index contributed by atoms with van der Waals surface area (Å²) < 4.78 is 10.6. The van der Waals surface area contributed by atoms with Gasteiger partial charge in [-0.05, 0) is 67.4 Å². The number of rotatable bonds is 4. The highest BCUT2D eigenvalue weighted by atomic mass is 16.7. The first-order chi connectivity index (χ1) is 13.1. The number of hydrogen-bond donors (Lipinski definition) is 2. The second-order valence-electron chi connectivity index (χ2n) is 6.49. The molecular formula is C22H20N2O3. The van der Waals surface area contributed by atoms with Crippen molar-refractivity contribution in [2.75, 3.05) is 17.4 Å². The van der Waals surface area contributed by atoms with Gasteiger partial charge in [0.05, 0.1) is 0 Å². The van der Waals surface area contributed by atoms with Gasteiger partial charge in [-0.15, -0.1) is 0 Å². The molecule has 27 heavy (non-hydrogen) atoms. The summed E-state index contributed by atoms with van der Waals surface area (Å²) in [6.07, 6.45) is 0. The summed E-state index contributed by atoms with van der Waals surface area (Å²) in [6.45, 7) is 4.35. The zero-order valence-electron chi connectivity index (χ0n) is 15.2. The molecule has 136 valence electrons. The molecule has 0 aromatic heterocycles. The molecule has 0 bridgehead atoms. The van der Waals surface area contributed by atoms with Crippen LogP contribution in [-0.2, 0) is 0 Å². The molecule has 4 rings (SSSR count). The average molecular weight is 360 g/mol. The van der Waals surface area contributed by atoms with Crippen LogP contribution in [0.4, 0.5) is 17.1 Å². The van der Waals surface area contributed by atoms with Gasteiger partial charge < -0.3 is 20.1 Å². The van der Waals surface area contributed by atoms with Crippen molar-refractivity contribution in [3.8, 4) is 11.5 Å². The van der Waals surface area contributed by atoms with Crippen LogP contribution in [0.25, 0.3) is 0 Å². The molecule has 0 saturated heterocycles. The minimum atomic E-state index is -0.191. The van der Waals surface area contributed by atoms with E-state index < -0.39 is 0 Å². The molecule has 5 heteroatoms. The number of benzene rings is 3. The Bertz CT molecular complexity index is 977. The van der Waals surface area contributed by atoms with Crippen LogP contribution in [-0.4, -0.2) is 12.7 Å². The molecule has 0 atom stereocenters. The second kappa shape index (κ2) is 7.03. The van der Waals surface area contributed by atoms with E-state index in [4.69, 9.17) is 9.47 Å². The number of ether oxygens (including phenoxy) is 2. The van der Waals surface area contributed by atoms with Gasteiger partial charge in [0.2, 0.25) is 6.79 Å². The lowest BCUT2D eigenvalue weighted by Crippen LogP contribution is -2.11. The lowest BCUT2D eigenvalue weighted by Gasteiger charge is -2.13. The Kier molecular flexibility index (Phi) is 4.42. The fraction of sp³-hybridized carbons (Fsp3) is 0.136. The van der Waals surface area contributed by atoms with Gasteiger partial charge in [-0.25, -0.2) is 0 Å². The number of aryl methyl sites for hydroxylation is 2. The lowest BCUT2D eigenvalue weighted by molar-refractivity contribution is 0.102. The minimum Gasteiger partial charge on any atom is -0.454 e. The van der Waals surface area contributed by atoms with Crippen molar-refractivity contribution in [2.45, 2.75) is 13.8 Å². The van der Waals surface area contributed by atoms with Crippen molar-refractivity contribution >= 4 is 23.0 Å². The molecule has 0 unspecified atom stereocenters. The summed E-state index contributed by atoms with van der Waals surface area (Å²) in [5.74, 6) is 1.06. The van der Waals surface area contributed by atoms with Gasteiger partial charge >= 0.3 is 0 Å². The van der Waals surface area contributed by atoms with E-state index in [0.29, 0.717) is 17.1 Å². The zero-order valence-corrected chi connectivity index (χ0v) is 15.2. The summed E-state index contributed by atoms with van der Waals surface area (Å²) >= 11 is 0. The average Bonchev–Trinajstić information content (AvgIpc) is 3.14. The maximum Gasteiger partial charge on any atom is 0.255 e. The van der Waals surface area contributed by atoms with Crippen LogP contribution < -0.4 is 20.1 Å². The molecule has 5 nitrogen and oxygen atoms in total. The predicted molar refractivity (Wildman–Crippen MR) is 106 cm³/mol. The van der Waals surface area contributed by atoms with Gasteiger partial charge in [-0.1, -0.05) is 18.2 Å². The monoisotopic (exact) mass is 360 g/mol. The molecular weight excluding hydrogens is 340 g/mol. The van der Waals surface area contributed by atoms with E-state index in [1.54, 1.807) is 18.2 Å². The van der Waals surface area contributed by atoms with Crippen molar-refractivity contribution < 1.29 is 14.3 Å². The third kappa shape index (κ3) is 3.58. The van der Waals surface area contributed by atoms with Crippen LogP contribution in [0.3, 0.4) is 0 Å². The van der Waals surface area contributed by atoms with Gasteiger partial charge in [0.1, 0.15) is 0 Å². The Hall–Kier alpha value is -3.47. The molecule has 3 aromatic carbocycles. The number of carbonyl (C=O) groups is 1. The van der Waals surface area contributed by atoms with Crippen LogP contribution in [0.1, 0.15) is 21.5 Å². The van der Waals surface area contributed by atoms with E-state index in [9.17, 15) is 4.79 Å². The molecule has 1 aliphatic rings. The topological polar surface area (TPSA) is 59.6 Å². The van der Waals surface area contributed by atoms with Gasteiger partial charge in [0, 0.05) is 22.6 Å². The summed E-state index contributed by atoms with van der Waals surface area (Å²) in [5, 5.41) is 6.34. The molecule has 0 fully saturated rings. The standard InChI is InChI=1S/C22H20N2O3/c1-14-4-3-5-15(2)21(14)23-17-7-9-18(10-8-17)24-22(25)16-6-11-19-20(12-16)27-13-26-19/h3-12,23H,13H2,1-2H3,(H,24,25). The number of anilines is 3. The molecule has 0 aliphatic carbocycles. The van der Waals surface area contributed by atoms with E-state index in [1.807, 2.05) is 30.3 Å². The van der Waals surface area contributed by atoms with Gasteiger partial charge in [0.15, 0.2) is 11.5 Å². The van der Waals surface area contributed by atoms with Crippen LogP contribution in [0.2, 0.25) is 0 Å². The number of para-hydroxylation sites is 1. The fourth-order valence-electron chi connectivity index (χ4n) is 3.03. The number of nitrogens with one attached hydrogen (secondary N) is 2. The van der Waals surface area contributed by atoms with E-state index in [0.717, 1.165) is 17.1 Å². The van der Waals surface area contributed by atoms with Crippen LogP contribution in [0.15, 0.2) is 60.7 Å². The molecule has 3 aromatic rings. The molecule has 2 N–H and O–H groups in total. The summed E-state index contributed by atoms with van der Waals surface area (Å²) in [7, 11) is 0. The fourth-order valence-corrected chi connectivity index (χ4v) is 3.03. The Morgan fingerprint density at radius 2 is 1.52 bits per heavy atom. The normalized spacial score (nSPS) is 11.9. The van der Waals surface area contributed by atoms with Crippen molar-refractivity contribution in [1.29, 1.82) is 0 Å². The number of fused-ring (bicyclic) bond motifs is 1. The zero-order chi connectivity index (χ0) is 18.8. The van der Waals surface area contributed by atoms with E-state index >= 15 is 0 Å². The Morgan fingerprint density at radius 1 is 0.852 bits per heavy atom. The largest absolute Gasteiger partial charge is 0.454 e. The number of amides is 1. The van der Waals surface area contributed by atoms with Crippen molar-refractivity contribution in [1.82, 2.24) is 0 Å². The summed E-state index contributed by atoms with van der Waals surface area (Å²) in [6, 6.07) is 19.0. The molecule has 0 spiro atoms. The highest BCUT2D eigenvalue weighted by Gasteiger charge is 2.16. The van der Waals surface area contributed by atoms with E-state index in [1.165, 1.54) is 11.1 Å². The second-order valence-corrected chi connectivity index (χ2v) is 6.49. The number of carbonyl (C=O) groups excluding carboxylic acids is 1. The van der Waals surface area contributed by atoms with Crippen molar-refractivity contribution in [2.24, 2.45) is 0 Å². The van der Waals surface area contributed by atoms with Crippen LogP contribution in [0.5, 0.6) is 11.5 Å². The lowest BCUT2D eigenvalue weighted by atomic mass is 10.1. The third-order valence-corrected chi connectivity index (χ3v) is 4.53. The maximum absolute atomic E-state index is 12.5. The Morgan fingerprint density at radius 3 is 2.26 bits per heavy atom. The smallest absolute Gasteiger partial charge is 0.255 e. The molecule has 1 aliphatic heterocycles. The van der Waals surface area contributed by atoms with E-state index in [-0.39, 0.29) is 12.7 Å². The molecule has 0 saturated carbocycles.